The third-order valence-corrected chi connectivity index (χ3v) is 9.33. The molecule has 0 bridgehead atoms. The van der Waals surface area contributed by atoms with Crippen molar-refractivity contribution in [2.24, 2.45) is 0 Å². The van der Waals surface area contributed by atoms with E-state index in [0.29, 0.717) is 17.5 Å². The van der Waals surface area contributed by atoms with Gasteiger partial charge in [0.2, 0.25) is 0 Å². The van der Waals surface area contributed by atoms with Gasteiger partial charge in [-0.1, -0.05) is 115 Å². The predicted molar refractivity (Wildman–Crippen MR) is 202 cm³/mol. The molecule has 5 nitrogen and oxygen atoms in total. The quantitative estimate of drug-likeness (QED) is 0.187. The number of fused-ring (bicyclic) bond motifs is 6. The minimum atomic E-state index is 0.563. The van der Waals surface area contributed by atoms with Crippen LogP contribution in [0.15, 0.2) is 173 Å². The molecule has 3 aromatic heterocycles. The van der Waals surface area contributed by atoms with E-state index < -0.39 is 0 Å². The van der Waals surface area contributed by atoms with E-state index in [2.05, 4.69) is 109 Å². The van der Waals surface area contributed by atoms with Crippen molar-refractivity contribution in [2.75, 3.05) is 0 Å². The second-order valence-corrected chi connectivity index (χ2v) is 12.5. The minimum absolute atomic E-state index is 0.563. The number of benzene rings is 7. The maximum Gasteiger partial charge on any atom is 0.164 e. The van der Waals surface area contributed by atoms with E-state index in [4.69, 9.17) is 23.8 Å². The van der Waals surface area contributed by atoms with Gasteiger partial charge < -0.3 is 8.83 Å². The molecule has 0 atom stereocenters. The summed E-state index contributed by atoms with van der Waals surface area (Å²) in [4.78, 5) is 15.2. The van der Waals surface area contributed by atoms with Crippen LogP contribution in [0.25, 0.3) is 100 Å². The van der Waals surface area contributed by atoms with Crippen molar-refractivity contribution in [3.8, 4) is 56.4 Å². The summed E-state index contributed by atoms with van der Waals surface area (Å²) in [6.07, 6.45) is 0. The van der Waals surface area contributed by atoms with E-state index in [1.165, 1.54) is 11.1 Å². The Balaban J connectivity index is 1.13. The molecule has 0 aliphatic heterocycles. The van der Waals surface area contributed by atoms with Crippen LogP contribution in [0.2, 0.25) is 0 Å². The Bertz CT molecular complexity index is 2750. The van der Waals surface area contributed by atoms with Crippen LogP contribution in [0.4, 0.5) is 0 Å². The first kappa shape index (κ1) is 28.2. The summed E-state index contributed by atoms with van der Waals surface area (Å²) in [5.41, 5.74) is 10.4. The van der Waals surface area contributed by atoms with Crippen LogP contribution in [-0.2, 0) is 0 Å². The van der Waals surface area contributed by atoms with Gasteiger partial charge in [0.1, 0.15) is 22.3 Å². The zero-order valence-corrected chi connectivity index (χ0v) is 26.7. The molecule has 5 heteroatoms. The topological polar surface area (TPSA) is 65.0 Å². The number of hydrogen-bond donors (Lipinski definition) is 0. The van der Waals surface area contributed by atoms with Gasteiger partial charge in [-0.05, 0) is 70.8 Å². The Morgan fingerprint density at radius 3 is 1.18 bits per heavy atom. The standard InChI is InChI=1S/C45H27N3O2/c1-2-10-28(11-3-1)29-12-8-13-30(24-29)31-14-9-15-32(25-31)43-46-44(33-20-22-37-35-16-4-6-18-39(35)49-41(37)26-33)48-45(47-43)34-21-23-38-36-17-5-7-19-40(36)50-42(38)27-34/h1-27H. The number of para-hydroxylation sites is 2. The molecule has 7 aromatic carbocycles. The van der Waals surface area contributed by atoms with Gasteiger partial charge in [-0.2, -0.15) is 0 Å². The average Bonchev–Trinajstić information content (AvgIpc) is 3.76. The Kier molecular flexibility index (Phi) is 6.42. The largest absolute Gasteiger partial charge is 0.456 e. The van der Waals surface area contributed by atoms with Crippen molar-refractivity contribution in [3.05, 3.63) is 164 Å². The molecule has 0 unspecified atom stereocenters. The first-order valence-corrected chi connectivity index (χ1v) is 16.6. The predicted octanol–water partition coefficient (Wildman–Crippen LogP) is 12.0. The van der Waals surface area contributed by atoms with Gasteiger partial charge in [-0.3, -0.25) is 0 Å². The molecule has 0 aliphatic rings. The second-order valence-electron chi connectivity index (χ2n) is 12.5. The Morgan fingerprint density at radius 1 is 0.260 bits per heavy atom. The van der Waals surface area contributed by atoms with Gasteiger partial charge in [-0.15, -0.1) is 0 Å². The highest BCUT2D eigenvalue weighted by atomic mass is 16.3. The minimum Gasteiger partial charge on any atom is -0.456 e. The number of hydrogen-bond acceptors (Lipinski definition) is 5. The van der Waals surface area contributed by atoms with Gasteiger partial charge in [0.15, 0.2) is 17.5 Å². The third-order valence-electron chi connectivity index (χ3n) is 9.33. The molecule has 0 saturated heterocycles. The number of furan rings is 2. The lowest BCUT2D eigenvalue weighted by atomic mass is 9.98. The fourth-order valence-electron chi connectivity index (χ4n) is 6.84. The van der Waals surface area contributed by atoms with E-state index >= 15 is 0 Å². The van der Waals surface area contributed by atoms with Crippen LogP contribution in [0.1, 0.15) is 0 Å². The molecule has 50 heavy (non-hydrogen) atoms. The van der Waals surface area contributed by atoms with Gasteiger partial charge >= 0.3 is 0 Å². The van der Waals surface area contributed by atoms with Crippen molar-refractivity contribution in [1.82, 2.24) is 15.0 Å². The fourth-order valence-corrected chi connectivity index (χ4v) is 6.84. The van der Waals surface area contributed by atoms with Crippen molar-refractivity contribution < 1.29 is 8.83 Å². The summed E-state index contributed by atoms with van der Waals surface area (Å²) in [5, 5.41) is 4.27. The van der Waals surface area contributed by atoms with Crippen LogP contribution >= 0.6 is 0 Å². The van der Waals surface area contributed by atoms with Crippen LogP contribution < -0.4 is 0 Å². The SMILES string of the molecule is c1ccc(-c2cccc(-c3cccc(-c4nc(-c5ccc6c(c5)oc5ccccc56)nc(-c5ccc6c(c5)oc5ccccc56)n4)c3)c2)cc1. The summed E-state index contributed by atoms with van der Waals surface area (Å²) in [5.74, 6) is 1.71. The number of rotatable bonds is 5. The molecule has 234 valence electrons. The molecule has 10 rings (SSSR count). The second kappa shape index (κ2) is 11.4. The van der Waals surface area contributed by atoms with E-state index in [-0.39, 0.29) is 0 Å². The molecule has 0 N–H and O–H groups in total. The molecule has 0 aliphatic carbocycles. The highest BCUT2D eigenvalue weighted by molar-refractivity contribution is 6.06. The van der Waals surface area contributed by atoms with Gasteiger partial charge in [-0.25, -0.2) is 15.0 Å². The number of nitrogens with zero attached hydrogens (tertiary/aromatic N) is 3. The maximum absolute atomic E-state index is 6.24. The average molecular weight is 642 g/mol. The zero-order chi connectivity index (χ0) is 33.0. The molecule has 10 aromatic rings. The van der Waals surface area contributed by atoms with Gasteiger partial charge in [0.25, 0.3) is 0 Å². The van der Waals surface area contributed by atoms with Gasteiger partial charge in [0.05, 0.1) is 0 Å². The van der Waals surface area contributed by atoms with Crippen molar-refractivity contribution in [2.45, 2.75) is 0 Å². The molecule has 0 saturated carbocycles. The summed E-state index contributed by atoms with van der Waals surface area (Å²) < 4.78 is 12.5. The lowest BCUT2D eigenvalue weighted by Gasteiger charge is -2.10. The monoisotopic (exact) mass is 641 g/mol. The fraction of sp³-hybridized carbons (Fsp3) is 0. The van der Waals surface area contributed by atoms with E-state index in [1.807, 2.05) is 54.6 Å². The lowest BCUT2D eigenvalue weighted by Crippen LogP contribution is -2.00. The highest BCUT2D eigenvalue weighted by Crippen LogP contribution is 2.35. The van der Waals surface area contributed by atoms with E-state index in [0.717, 1.165) is 71.7 Å². The van der Waals surface area contributed by atoms with Crippen molar-refractivity contribution in [1.29, 1.82) is 0 Å². The van der Waals surface area contributed by atoms with Crippen LogP contribution in [-0.4, -0.2) is 15.0 Å². The molecular weight excluding hydrogens is 615 g/mol. The Hall–Kier alpha value is -6.85. The lowest BCUT2D eigenvalue weighted by molar-refractivity contribution is 0.668. The summed E-state index contributed by atoms with van der Waals surface area (Å²) >= 11 is 0. The smallest absolute Gasteiger partial charge is 0.164 e. The van der Waals surface area contributed by atoms with E-state index in [1.54, 1.807) is 0 Å². The maximum atomic E-state index is 6.24. The van der Waals surface area contributed by atoms with Gasteiger partial charge in [0, 0.05) is 38.2 Å². The normalized spacial score (nSPS) is 11.6. The van der Waals surface area contributed by atoms with Crippen molar-refractivity contribution in [3.63, 3.8) is 0 Å². The molecular formula is C45H27N3O2. The van der Waals surface area contributed by atoms with Crippen LogP contribution in [0, 0.1) is 0 Å². The first-order valence-electron chi connectivity index (χ1n) is 16.6. The molecule has 0 amide bonds. The Morgan fingerprint density at radius 2 is 0.640 bits per heavy atom. The Labute approximate surface area is 287 Å². The number of aromatic nitrogens is 3. The summed E-state index contributed by atoms with van der Waals surface area (Å²) in [7, 11) is 0. The molecule has 0 radical (unpaired) electrons. The first-order chi connectivity index (χ1) is 24.7. The molecule has 0 fully saturated rings. The van der Waals surface area contributed by atoms with Crippen molar-refractivity contribution >= 4 is 43.9 Å². The zero-order valence-electron chi connectivity index (χ0n) is 26.7. The summed E-state index contributed by atoms with van der Waals surface area (Å²) in [6, 6.07) is 55.9. The van der Waals surface area contributed by atoms with Crippen LogP contribution in [0.3, 0.4) is 0 Å². The van der Waals surface area contributed by atoms with Crippen LogP contribution in [0.5, 0.6) is 0 Å². The summed E-state index contributed by atoms with van der Waals surface area (Å²) in [6.45, 7) is 0. The third kappa shape index (κ3) is 4.83. The highest BCUT2D eigenvalue weighted by Gasteiger charge is 2.17. The molecule has 3 heterocycles. The van der Waals surface area contributed by atoms with E-state index in [9.17, 15) is 0 Å². The molecule has 0 spiro atoms.